The lowest BCUT2D eigenvalue weighted by atomic mass is 10.1. The van der Waals surface area contributed by atoms with Crippen LogP contribution in [0.2, 0.25) is 0 Å². The van der Waals surface area contributed by atoms with Gasteiger partial charge in [-0.3, -0.25) is 0 Å². The maximum Gasteiger partial charge on any atom is 0.134 e. The second-order valence-electron chi connectivity index (χ2n) is 4.30. The molecule has 2 N–H and O–H groups in total. The normalized spacial score (nSPS) is 13.0. The number of hydrogen-bond acceptors (Lipinski definition) is 2. The van der Waals surface area contributed by atoms with Gasteiger partial charge < -0.3 is 10.2 Å². The van der Waals surface area contributed by atoms with Crippen molar-refractivity contribution in [2.75, 3.05) is 0 Å². The summed E-state index contributed by atoms with van der Waals surface area (Å²) in [6.07, 6.45) is 10.5. The summed E-state index contributed by atoms with van der Waals surface area (Å²) in [7, 11) is 0. The fourth-order valence-electron chi connectivity index (χ4n) is 1.42. The van der Waals surface area contributed by atoms with Crippen molar-refractivity contribution in [2.24, 2.45) is 0 Å². The van der Waals surface area contributed by atoms with Crippen LogP contribution < -0.4 is 0 Å². The number of aliphatic hydroxyl groups excluding tert-OH is 2. The molecule has 0 aromatic carbocycles. The molecule has 0 saturated heterocycles. The molecule has 19 heavy (non-hydrogen) atoms. The molecule has 0 amide bonds. The standard InChI is InChI=1S/C17H24O2/c1-3-5-6-7-8-9-10-14-17(19)15-12-11-13-16(18)4-2/h4,10,14,16-19H,2-3,5-9H2,1H3/t16-,17+/m1/s1. The van der Waals surface area contributed by atoms with Gasteiger partial charge in [-0.1, -0.05) is 63.2 Å². The van der Waals surface area contributed by atoms with E-state index in [2.05, 4.69) is 37.2 Å². The minimum Gasteiger partial charge on any atom is -0.377 e. The molecule has 0 aromatic heterocycles. The van der Waals surface area contributed by atoms with Crippen molar-refractivity contribution < 1.29 is 10.2 Å². The van der Waals surface area contributed by atoms with E-state index in [1.54, 1.807) is 6.08 Å². The van der Waals surface area contributed by atoms with Gasteiger partial charge in [0.25, 0.3) is 0 Å². The van der Waals surface area contributed by atoms with E-state index in [0.29, 0.717) is 0 Å². The van der Waals surface area contributed by atoms with Crippen LogP contribution in [0.1, 0.15) is 45.4 Å². The summed E-state index contributed by atoms with van der Waals surface area (Å²) in [6.45, 7) is 5.59. The summed E-state index contributed by atoms with van der Waals surface area (Å²) in [5.41, 5.74) is 0. The van der Waals surface area contributed by atoms with Gasteiger partial charge in [0.1, 0.15) is 12.2 Å². The van der Waals surface area contributed by atoms with Crippen molar-refractivity contribution in [1.82, 2.24) is 0 Å². The number of hydrogen-bond donors (Lipinski definition) is 2. The van der Waals surface area contributed by atoms with Gasteiger partial charge in [0.15, 0.2) is 0 Å². The highest BCUT2D eigenvalue weighted by molar-refractivity contribution is 5.31. The maximum atomic E-state index is 9.50. The van der Waals surface area contributed by atoms with E-state index in [-0.39, 0.29) is 0 Å². The highest BCUT2D eigenvalue weighted by atomic mass is 16.3. The van der Waals surface area contributed by atoms with Crippen LogP contribution >= 0.6 is 0 Å². The molecule has 104 valence electrons. The molecule has 2 nitrogen and oxygen atoms in total. The fourth-order valence-corrected chi connectivity index (χ4v) is 1.42. The van der Waals surface area contributed by atoms with Gasteiger partial charge in [0, 0.05) is 0 Å². The molecule has 0 unspecified atom stereocenters. The molecule has 0 fully saturated rings. The zero-order valence-electron chi connectivity index (χ0n) is 11.7. The quantitative estimate of drug-likeness (QED) is 0.400. The SMILES string of the molecule is C=C[C@@H](O)C#CC#C[C@@H](O)C=CCCCCCCC. The lowest BCUT2D eigenvalue weighted by Crippen LogP contribution is -1.97. The van der Waals surface area contributed by atoms with Gasteiger partial charge in [0.05, 0.1) is 0 Å². The molecule has 0 aliphatic rings. The zero-order valence-corrected chi connectivity index (χ0v) is 11.7. The van der Waals surface area contributed by atoms with Crippen LogP contribution in [0.4, 0.5) is 0 Å². The summed E-state index contributed by atoms with van der Waals surface area (Å²) in [4.78, 5) is 0. The van der Waals surface area contributed by atoms with Crippen molar-refractivity contribution >= 4 is 0 Å². The molecular weight excluding hydrogens is 236 g/mol. The molecule has 0 heterocycles. The Labute approximate surface area is 117 Å². The number of allylic oxidation sites excluding steroid dienone is 1. The number of aliphatic hydroxyl groups is 2. The molecule has 0 rings (SSSR count). The monoisotopic (exact) mass is 260 g/mol. The highest BCUT2D eigenvalue weighted by Gasteiger charge is 1.91. The third-order valence-corrected chi connectivity index (χ3v) is 2.52. The van der Waals surface area contributed by atoms with E-state index in [9.17, 15) is 5.11 Å². The third kappa shape index (κ3) is 12.8. The van der Waals surface area contributed by atoms with Crippen molar-refractivity contribution in [3.8, 4) is 23.7 Å². The van der Waals surface area contributed by atoms with Gasteiger partial charge in [0.2, 0.25) is 0 Å². The smallest absolute Gasteiger partial charge is 0.134 e. The molecule has 0 aliphatic carbocycles. The average molecular weight is 260 g/mol. The van der Waals surface area contributed by atoms with E-state index in [0.717, 1.165) is 12.8 Å². The zero-order chi connectivity index (χ0) is 14.3. The fraction of sp³-hybridized carbons (Fsp3) is 0.529. The first-order chi connectivity index (χ1) is 9.20. The summed E-state index contributed by atoms with van der Waals surface area (Å²) < 4.78 is 0. The van der Waals surface area contributed by atoms with E-state index < -0.39 is 12.2 Å². The predicted molar refractivity (Wildman–Crippen MR) is 80.3 cm³/mol. The minimum absolute atomic E-state index is 0.786. The number of unbranched alkanes of at least 4 members (excludes halogenated alkanes) is 5. The Morgan fingerprint density at radius 1 is 1.00 bits per heavy atom. The topological polar surface area (TPSA) is 40.5 Å². The van der Waals surface area contributed by atoms with E-state index in [4.69, 9.17) is 5.11 Å². The molecule has 0 radical (unpaired) electrons. The van der Waals surface area contributed by atoms with Crippen molar-refractivity contribution in [2.45, 2.75) is 57.7 Å². The lowest BCUT2D eigenvalue weighted by molar-refractivity contribution is 0.280. The van der Waals surface area contributed by atoms with Gasteiger partial charge in [-0.05, 0) is 30.8 Å². The molecule has 0 aliphatic heterocycles. The van der Waals surface area contributed by atoms with Crippen LogP contribution in [0.25, 0.3) is 0 Å². The molecule has 0 aromatic rings. The average Bonchev–Trinajstić information content (AvgIpc) is 2.42. The van der Waals surface area contributed by atoms with Crippen LogP contribution in [-0.2, 0) is 0 Å². The molecule has 2 heteroatoms. The van der Waals surface area contributed by atoms with Crippen LogP contribution in [0, 0.1) is 23.7 Å². The van der Waals surface area contributed by atoms with Crippen molar-refractivity contribution in [3.63, 3.8) is 0 Å². The Balaban J connectivity index is 3.78. The molecular formula is C17H24O2. The first kappa shape index (κ1) is 17.5. The Hall–Kier alpha value is -1.48. The number of rotatable bonds is 8. The summed E-state index contributed by atoms with van der Waals surface area (Å²) in [5.74, 6) is 10.00. The van der Waals surface area contributed by atoms with Crippen LogP contribution in [0.15, 0.2) is 24.8 Å². The third-order valence-electron chi connectivity index (χ3n) is 2.52. The van der Waals surface area contributed by atoms with Crippen LogP contribution in [-0.4, -0.2) is 22.4 Å². The van der Waals surface area contributed by atoms with Crippen molar-refractivity contribution in [3.05, 3.63) is 24.8 Å². The van der Waals surface area contributed by atoms with Gasteiger partial charge in [-0.15, -0.1) is 0 Å². The molecule has 0 saturated carbocycles. The molecule has 0 bridgehead atoms. The second-order valence-corrected chi connectivity index (χ2v) is 4.30. The van der Waals surface area contributed by atoms with Crippen LogP contribution in [0.3, 0.4) is 0 Å². The Morgan fingerprint density at radius 3 is 2.26 bits per heavy atom. The predicted octanol–water partition coefficient (Wildman–Crippen LogP) is 2.82. The van der Waals surface area contributed by atoms with E-state index in [1.165, 1.54) is 31.8 Å². The Kier molecular flexibility index (Phi) is 12.0. The van der Waals surface area contributed by atoms with E-state index in [1.807, 2.05) is 6.08 Å². The summed E-state index contributed by atoms with van der Waals surface area (Å²) in [5, 5.41) is 18.6. The Bertz CT molecular complexity index is 374. The minimum atomic E-state index is -0.856. The molecule has 0 spiro atoms. The highest BCUT2D eigenvalue weighted by Crippen LogP contribution is 2.05. The second kappa shape index (κ2) is 13.0. The largest absolute Gasteiger partial charge is 0.377 e. The van der Waals surface area contributed by atoms with Gasteiger partial charge >= 0.3 is 0 Å². The summed E-state index contributed by atoms with van der Waals surface area (Å²) >= 11 is 0. The molecule has 2 atom stereocenters. The van der Waals surface area contributed by atoms with Gasteiger partial charge in [-0.2, -0.15) is 0 Å². The maximum absolute atomic E-state index is 9.50. The van der Waals surface area contributed by atoms with Crippen LogP contribution in [0.5, 0.6) is 0 Å². The van der Waals surface area contributed by atoms with Gasteiger partial charge in [-0.25, -0.2) is 0 Å². The first-order valence-corrected chi connectivity index (χ1v) is 6.87. The first-order valence-electron chi connectivity index (χ1n) is 6.87. The lowest BCUT2D eigenvalue weighted by Gasteiger charge is -1.97. The van der Waals surface area contributed by atoms with Crippen molar-refractivity contribution in [1.29, 1.82) is 0 Å². The summed E-state index contributed by atoms with van der Waals surface area (Å²) in [6, 6.07) is 0. The Morgan fingerprint density at radius 2 is 1.63 bits per heavy atom. The van der Waals surface area contributed by atoms with E-state index >= 15 is 0 Å².